The summed E-state index contributed by atoms with van der Waals surface area (Å²) in [5.74, 6) is -0.0716. The molecule has 0 aliphatic heterocycles. The fourth-order valence-corrected chi connectivity index (χ4v) is 3.29. The van der Waals surface area contributed by atoms with E-state index in [-0.39, 0.29) is 11.9 Å². The van der Waals surface area contributed by atoms with Gasteiger partial charge in [0.25, 0.3) is 5.91 Å². The third-order valence-corrected chi connectivity index (χ3v) is 4.20. The van der Waals surface area contributed by atoms with Crippen molar-refractivity contribution in [2.24, 2.45) is 0 Å². The monoisotopic (exact) mass is 395 g/mol. The van der Waals surface area contributed by atoms with E-state index in [1.54, 1.807) is 0 Å². The van der Waals surface area contributed by atoms with Crippen LogP contribution in [0.3, 0.4) is 0 Å². The first-order valence-electron chi connectivity index (χ1n) is 6.30. The van der Waals surface area contributed by atoms with Crippen molar-refractivity contribution in [1.29, 1.82) is 0 Å². The molecule has 1 amide bonds. The number of nitrogens with one attached hydrogen (secondary N) is 1. The molecule has 104 valence electrons. The molecular formula is C16H15Br2NO. The number of hydrogen-bond acceptors (Lipinski definition) is 1. The van der Waals surface area contributed by atoms with Crippen LogP contribution in [0.1, 0.15) is 34.5 Å². The van der Waals surface area contributed by atoms with Crippen molar-refractivity contribution in [1.82, 2.24) is 5.32 Å². The lowest BCUT2D eigenvalue weighted by atomic mass is 10.1. The van der Waals surface area contributed by atoms with Gasteiger partial charge < -0.3 is 5.32 Å². The van der Waals surface area contributed by atoms with Gasteiger partial charge in [-0.25, -0.2) is 0 Å². The molecule has 0 saturated carbocycles. The number of carbonyl (C=O) groups excluding carboxylic acids is 1. The average molecular weight is 397 g/mol. The molecule has 0 radical (unpaired) electrons. The maximum absolute atomic E-state index is 12.3. The van der Waals surface area contributed by atoms with E-state index in [9.17, 15) is 4.79 Å². The molecule has 0 aliphatic rings. The maximum Gasteiger partial charge on any atom is 0.251 e. The Morgan fingerprint density at radius 3 is 2.50 bits per heavy atom. The molecule has 4 heteroatoms. The predicted octanol–water partition coefficient (Wildman–Crippen LogP) is 5.01. The number of aryl methyl sites for hydroxylation is 1. The van der Waals surface area contributed by atoms with Gasteiger partial charge in [0.05, 0.1) is 6.04 Å². The van der Waals surface area contributed by atoms with Gasteiger partial charge in [0, 0.05) is 14.5 Å². The summed E-state index contributed by atoms with van der Waals surface area (Å²) in [6.07, 6.45) is 0. The Kier molecular flexibility index (Phi) is 5.00. The van der Waals surface area contributed by atoms with Crippen LogP contribution in [0.15, 0.2) is 51.4 Å². The van der Waals surface area contributed by atoms with E-state index in [0.717, 1.165) is 20.1 Å². The van der Waals surface area contributed by atoms with Gasteiger partial charge >= 0.3 is 0 Å². The van der Waals surface area contributed by atoms with Crippen LogP contribution in [0.2, 0.25) is 0 Å². The molecule has 0 spiro atoms. The molecule has 0 saturated heterocycles. The van der Waals surface area contributed by atoms with Gasteiger partial charge in [-0.3, -0.25) is 4.79 Å². The second kappa shape index (κ2) is 6.55. The molecule has 0 bridgehead atoms. The number of hydrogen-bond donors (Lipinski definition) is 1. The minimum atomic E-state index is -0.0716. The van der Waals surface area contributed by atoms with E-state index in [1.165, 1.54) is 0 Å². The van der Waals surface area contributed by atoms with Gasteiger partial charge in [0.15, 0.2) is 0 Å². The minimum absolute atomic E-state index is 0.0580. The second-order valence-corrected chi connectivity index (χ2v) is 6.50. The van der Waals surface area contributed by atoms with E-state index in [4.69, 9.17) is 0 Å². The Hall–Kier alpha value is -1.13. The standard InChI is InChI=1S/C16H15Br2NO/c1-10-7-12(9-13(17)8-10)16(20)19-11(2)14-5-3-4-6-15(14)18/h3-9,11H,1-2H3,(H,19,20). The lowest BCUT2D eigenvalue weighted by molar-refractivity contribution is 0.0939. The van der Waals surface area contributed by atoms with E-state index < -0.39 is 0 Å². The van der Waals surface area contributed by atoms with Gasteiger partial charge in [0.2, 0.25) is 0 Å². The smallest absolute Gasteiger partial charge is 0.251 e. The molecule has 0 aliphatic carbocycles. The third kappa shape index (κ3) is 3.70. The van der Waals surface area contributed by atoms with Crippen molar-refractivity contribution in [2.45, 2.75) is 19.9 Å². The largest absolute Gasteiger partial charge is 0.345 e. The van der Waals surface area contributed by atoms with Crippen LogP contribution in [-0.4, -0.2) is 5.91 Å². The van der Waals surface area contributed by atoms with Crippen LogP contribution in [0.25, 0.3) is 0 Å². The predicted molar refractivity (Wildman–Crippen MR) is 88.9 cm³/mol. The molecule has 20 heavy (non-hydrogen) atoms. The van der Waals surface area contributed by atoms with Crippen molar-refractivity contribution in [3.8, 4) is 0 Å². The summed E-state index contributed by atoms with van der Waals surface area (Å²) in [5, 5.41) is 3.02. The Bertz CT molecular complexity index is 620. The fourth-order valence-electron chi connectivity index (χ4n) is 2.05. The zero-order valence-corrected chi connectivity index (χ0v) is 14.5. The van der Waals surface area contributed by atoms with Crippen molar-refractivity contribution in [2.75, 3.05) is 0 Å². The highest BCUT2D eigenvalue weighted by atomic mass is 79.9. The molecule has 0 heterocycles. The van der Waals surface area contributed by atoms with E-state index in [1.807, 2.05) is 56.3 Å². The quantitative estimate of drug-likeness (QED) is 0.775. The molecule has 2 nitrogen and oxygen atoms in total. The summed E-state index contributed by atoms with van der Waals surface area (Å²) < 4.78 is 1.91. The van der Waals surface area contributed by atoms with Crippen molar-refractivity contribution in [3.05, 3.63) is 68.1 Å². The van der Waals surface area contributed by atoms with Gasteiger partial charge in [-0.05, 0) is 49.2 Å². The van der Waals surface area contributed by atoms with Crippen LogP contribution < -0.4 is 5.32 Å². The lowest BCUT2D eigenvalue weighted by Crippen LogP contribution is -2.26. The number of halogens is 2. The van der Waals surface area contributed by atoms with Crippen LogP contribution in [0.4, 0.5) is 0 Å². The first-order valence-corrected chi connectivity index (χ1v) is 7.88. The minimum Gasteiger partial charge on any atom is -0.345 e. The van der Waals surface area contributed by atoms with Gasteiger partial charge in [0.1, 0.15) is 0 Å². The third-order valence-electron chi connectivity index (χ3n) is 3.02. The molecule has 2 aromatic rings. The number of carbonyl (C=O) groups is 1. The average Bonchev–Trinajstić information content (AvgIpc) is 2.37. The Labute approximate surface area is 135 Å². The first kappa shape index (κ1) is 15.3. The highest BCUT2D eigenvalue weighted by Crippen LogP contribution is 2.23. The van der Waals surface area contributed by atoms with E-state index >= 15 is 0 Å². The number of amides is 1. The molecule has 1 atom stereocenters. The molecule has 2 aromatic carbocycles. The van der Waals surface area contributed by atoms with Crippen LogP contribution in [-0.2, 0) is 0 Å². The number of rotatable bonds is 3. The molecular weight excluding hydrogens is 382 g/mol. The molecule has 1 N–H and O–H groups in total. The molecule has 0 fully saturated rings. The van der Waals surface area contributed by atoms with Gasteiger partial charge in [-0.15, -0.1) is 0 Å². The summed E-state index contributed by atoms with van der Waals surface area (Å²) >= 11 is 6.92. The van der Waals surface area contributed by atoms with E-state index in [2.05, 4.69) is 37.2 Å². The van der Waals surface area contributed by atoms with Crippen molar-refractivity contribution >= 4 is 37.8 Å². The number of benzene rings is 2. The van der Waals surface area contributed by atoms with Crippen molar-refractivity contribution < 1.29 is 4.79 Å². The summed E-state index contributed by atoms with van der Waals surface area (Å²) in [5.41, 5.74) is 2.78. The van der Waals surface area contributed by atoms with Crippen LogP contribution >= 0.6 is 31.9 Å². The van der Waals surface area contributed by atoms with E-state index in [0.29, 0.717) is 5.56 Å². The summed E-state index contributed by atoms with van der Waals surface area (Å²) in [6.45, 7) is 3.95. The Morgan fingerprint density at radius 2 is 1.85 bits per heavy atom. The summed E-state index contributed by atoms with van der Waals surface area (Å²) in [7, 11) is 0. The highest BCUT2D eigenvalue weighted by molar-refractivity contribution is 9.10. The Balaban J connectivity index is 2.17. The SMILES string of the molecule is Cc1cc(Br)cc(C(=O)NC(C)c2ccccc2Br)c1. The summed E-state index contributed by atoms with van der Waals surface area (Å²) in [4.78, 5) is 12.3. The zero-order valence-electron chi connectivity index (χ0n) is 11.3. The van der Waals surface area contributed by atoms with Crippen LogP contribution in [0.5, 0.6) is 0 Å². The van der Waals surface area contributed by atoms with Crippen LogP contribution in [0, 0.1) is 6.92 Å². The molecule has 1 unspecified atom stereocenters. The maximum atomic E-state index is 12.3. The molecule has 0 aromatic heterocycles. The normalized spacial score (nSPS) is 12.0. The fraction of sp³-hybridized carbons (Fsp3) is 0.188. The summed E-state index contributed by atoms with van der Waals surface area (Å²) in [6, 6.07) is 13.5. The second-order valence-electron chi connectivity index (χ2n) is 4.73. The van der Waals surface area contributed by atoms with Gasteiger partial charge in [-0.1, -0.05) is 50.1 Å². The topological polar surface area (TPSA) is 29.1 Å². The van der Waals surface area contributed by atoms with Crippen molar-refractivity contribution in [3.63, 3.8) is 0 Å². The lowest BCUT2D eigenvalue weighted by Gasteiger charge is -2.16. The Morgan fingerprint density at radius 1 is 1.15 bits per heavy atom. The van der Waals surface area contributed by atoms with Gasteiger partial charge in [-0.2, -0.15) is 0 Å². The molecule has 2 rings (SSSR count). The first-order chi connectivity index (χ1) is 9.47. The highest BCUT2D eigenvalue weighted by Gasteiger charge is 2.14. The zero-order chi connectivity index (χ0) is 14.7.